The number of anilines is 2. The van der Waals surface area contributed by atoms with Gasteiger partial charge < -0.3 is 10.6 Å². The van der Waals surface area contributed by atoms with Gasteiger partial charge in [0.1, 0.15) is 5.69 Å². The van der Waals surface area contributed by atoms with Crippen LogP contribution >= 0.6 is 0 Å². The van der Waals surface area contributed by atoms with Crippen molar-refractivity contribution in [1.29, 1.82) is 5.26 Å². The van der Waals surface area contributed by atoms with Gasteiger partial charge in [0.2, 0.25) is 0 Å². The Balaban J connectivity index is 3.08. The summed E-state index contributed by atoms with van der Waals surface area (Å²) in [4.78, 5) is 1.50. The van der Waals surface area contributed by atoms with Gasteiger partial charge in [0.15, 0.2) is 11.6 Å². The number of hydrogen-bond donors (Lipinski definition) is 1. The lowest BCUT2D eigenvalue weighted by Crippen LogP contribution is -2.29. The van der Waals surface area contributed by atoms with E-state index in [0.29, 0.717) is 6.54 Å². The SMILES string of the molecule is CCN(CC(C)C#N)c1c(F)cc(N)cc1F. The van der Waals surface area contributed by atoms with E-state index >= 15 is 0 Å². The molecule has 0 saturated carbocycles. The largest absolute Gasteiger partial charge is 0.399 e. The first kappa shape index (κ1) is 13.2. The number of nitriles is 1. The Hall–Kier alpha value is -1.83. The van der Waals surface area contributed by atoms with E-state index in [2.05, 4.69) is 0 Å². The molecule has 5 heteroatoms. The minimum atomic E-state index is -0.700. The maximum atomic E-state index is 13.7. The Labute approximate surface area is 99.4 Å². The molecule has 0 fully saturated rings. The van der Waals surface area contributed by atoms with Gasteiger partial charge in [-0.25, -0.2) is 8.78 Å². The molecule has 1 unspecified atom stereocenters. The van der Waals surface area contributed by atoms with Crippen LogP contribution in [-0.4, -0.2) is 13.1 Å². The highest BCUT2D eigenvalue weighted by molar-refractivity contribution is 5.55. The summed E-state index contributed by atoms with van der Waals surface area (Å²) in [5.41, 5.74) is 5.27. The smallest absolute Gasteiger partial charge is 0.151 e. The molecular formula is C12H15F2N3. The molecule has 0 bridgehead atoms. The Morgan fingerprint density at radius 2 is 1.94 bits per heavy atom. The van der Waals surface area contributed by atoms with Gasteiger partial charge in [-0.15, -0.1) is 0 Å². The average Bonchev–Trinajstić information content (AvgIpc) is 2.25. The summed E-state index contributed by atoms with van der Waals surface area (Å²) < 4.78 is 27.3. The number of benzene rings is 1. The summed E-state index contributed by atoms with van der Waals surface area (Å²) in [6.07, 6.45) is 0. The van der Waals surface area contributed by atoms with Crippen LogP contribution in [0.25, 0.3) is 0 Å². The Morgan fingerprint density at radius 1 is 1.41 bits per heavy atom. The predicted octanol–water partition coefficient (Wildman–Crippen LogP) is 2.53. The molecule has 0 heterocycles. The van der Waals surface area contributed by atoms with Crippen molar-refractivity contribution in [3.8, 4) is 6.07 Å². The molecule has 92 valence electrons. The molecule has 0 spiro atoms. The van der Waals surface area contributed by atoms with Gasteiger partial charge in [-0.05, 0) is 26.0 Å². The molecule has 17 heavy (non-hydrogen) atoms. The van der Waals surface area contributed by atoms with Crippen LogP contribution in [0.2, 0.25) is 0 Å². The lowest BCUT2D eigenvalue weighted by Gasteiger charge is -2.25. The summed E-state index contributed by atoms with van der Waals surface area (Å²) in [7, 11) is 0. The molecule has 0 aliphatic heterocycles. The van der Waals surface area contributed by atoms with Crippen LogP contribution in [0.4, 0.5) is 20.2 Å². The lowest BCUT2D eigenvalue weighted by molar-refractivity contribution is 0.564. The monoisotopic (exact) mass is 239 g/mol. The number of rotatable bonds is 4. The van der Waals surface area contributed by atoms with E-state index in [1.54, 1.807) is 13.8 Å². The number of hydrogen-bond acceptors (Lipinski definition) is 3. The van der Waals surface area contributed by atoms with E-state index in [0.717, 1.165) is 12.1 Å². The van der Waals surface area contributed by atoms with E-state index in [1.165, 1.54) is 4.90 Å². The Kier molecular flexibility index (Phi) is 4.27. The van der Waals surface area contributed by atoms with E-state index < -0.39 is 11.6 Å². The zero-order chi connectivity index (χ0) is 13.0. The fourth-order valence-electron chi connectivity index (χ4n) is 1.64. The second-order valence-corrected chi connectivity index (χ2v) is 3.90. The molecule has 0 aliphatic rings. The molecule has 1 aromatic rings. The molecule has 1 atom stereocenters. The second kappa shape index (κ2) is 5.48. The molecule has 1 rings (SSSR count). The van der Waals surface area contributed by atoms with Gasteiger partial charge in [0, 0.05) is 18.8 Å². The maximum absolute atomic E-state index is 13.7. The van der Waals surface area contributed by atoms with Crippen molar-refractivity contribution >= 4 is 11.4 Å². The molecular weight excluding hydrogens is 224 g/mol. The van der Waals surface area contributed by atoms with Gasteiger partial charge in [-0.1, -0.05) is 0 Å². The minimum absolute atomic E-state index is 0.0492. The molecule has 0 aliphatic carbocycles. The van der Waals surface area contributed by atoms with Crippen molar-refractivity contribution < 1.29 is 8.78 Å². The van der Waals surface area contributed by atoms with Crippen LogP contribution in [-0.2, 0) is 0 Å². The summed E-state index contributed by atoms with van der Waals surface area (Å²) in [6.45, 7) is 4.18. The standard InChI is InChI=1S/C12H15F2N3/c1-3-17(7-8(2)6-15)12-10(13)4-9(16)5-11(12)14/h4-5,8H,3,7,16H2,1-2H3. The first-order valence-electron chi connectivity index (χ1n) is 5.38. The third kappa shape index (κ3) is 3.06. The zero-order valence-electron chi connectivity index (χ0n) is 9.87. The third-order valence-corrected chi connectivity index (χ3v) is 2.45. The highest BCUT2D eigenvalue weighted by atomic mass is 19.1. The highest BCUT2D eigenvalue weighted by Gasteiger charge is 2.18. The van der Waals surface area contributed by atoms with E-state index in [4.69, 9.17) is 11.0 Å². The molecule has 0 saturated heterocycles. The molecule has 0 amide bonds. The first-order chi connectivity index (χ1) is 7.99. The van der Waals surface area contributed by atoms with Gasteiger partial charge in [-0.3, -0.25) is 0 Å². The summed E-state index contributed by atoms with van der Waals surface area (Å²) in [5, 5.41) is 8.72. The molecule has 3 nitrogen and oxygen atoms in total. The highest BCUT2D eigenvalue weighted by Crippen LogP contribution is 2.26. The van der Waals surface area contributed by atoms with Gasteiger partial charge in [-0.2, -0.15) is 5.26 Å². The molecule has 2 N–H and O–H groups in total. The molecule has 1 aromatic carbocycles. The van der Waals surface area contributed by atoms with Gasteiger partial charge >= 0.3 is 0 Å². The van der Waals surface area contributed by atoms with Crippen molar-refractivity contribution in [1.82, 2.24) is 0 Å². The Morgan fingerprint density at radius 3 is 2.35 bits per heavy atom. The molecule has 0 aromatic heterocycles. The van der Waals surface area contributed by atoms with Crippen molar-refractivity contribution in [2.75, 3.05) is 23.7 Å². The van der Waals surface area contributed by atoms with Crippen molar-refractivity contribution in [3.05, 3.63) is 23.8 Å². The predicted molar refractivity (Wildman–Crippen MR) is 63.4 cm³/mol. The number of nitrogen functional groups attached to an aromatic ring is 1. The second-order valence-electron chi connectivity index (χ2n) is 3.90. The van der Waals surface area contributed by atoms with Crippen molar-refractivity contribution in [2.24, 2.45) is 5.92 Å². The summed E-state index contributed by atoms with van der Waals surface area (Å²) in [6, 6.07) is 4.20. The first-order valence-corrected chi connectivity index (χ1v) is 5.38. The topological polar surface area (TPSA) is 53.0 Å². The normalized spacial score (nSPS) is 11.9. The number of nitrogens with zero attached hydrogens (tertiary/aromatic N) is 2. The van der Waals surface area contributed by atoms with Crippen molar-refractivity contribution in [2.45, 2.75) is 13.8 Å². The number of halogens is 2. The van der Waals surface area contributed by atoms with E-state index in [9.17, 15) is 8.78 Å². The van der Waals surface area contributed by atoms with Gasteiger partial charge in [0.25, 0.3) is 0 Å². The van der Waals surface area contributed by atoms with Crippen molar-refractivity contribution in [3.63, 3.8) is 0 Å². The van der Waals surface area contributed by atoms with Crippen LogP contribution < -0.4 is 10.6 Å². The van der Waals surface area contributed by atoms with Crippen LogP contribution in [0, 0.1) is 28.9 Å². The zero-order valence-corrected chi connectivity index (χ0v) is 9.87. The number of nitrogens with two attached hydrogens (primary N) is 1. The fraction of sp³-hybridized carbons (Fsp3) is 0.417. The van der Waals surface area contributed by atoms with Crippen LogP contribution in [0.1, 0.15) is 13.8 Å². The maximum Gasteiger partial charge on any atom is 0.151 e. The lowest BCUT2D eigenvalue weighted by atomic mass is 10.1. The quantitative estimate of drug-likeness (QED) is 0.821. The van der Waals surface area contributed by atoms with Crippen LogP contribution in [0.5, 0.6) is 0 Å². The fourth-order valence-corrected chi connectivity index (χ4v) is 1.64. The van der Waals surface area contributed by atoms with Crippen LogP contribution in [0.15, 0.2) is 12.1 Å². The van der Waals surface area contributed by atoms with Gasteiger partial charge in [0.05, 0.1) is 12.0 Å². The van der Waals surface area contributed by atoms with Crippen LogP contribution in [0.3, 0.4) is 0 Å². The average molecular weight is 239 g/mol. The minimum Gasteiger partial charge on any atom is -0.399 e. The third-order valence-electron chi connectivity index (χ3n) is 2.45. The molecule has 0 radical (unpaired) electrons. The summed E-state index contributed by atoms with van der Waals surface area (Å²) >= 11 is 0. The van der Waals surface area contributed by atoms with E-state index in [1.807, 2.05) is 6.07 Å². The summed E-state index contributed by atoms with van der Waals surface area (Å²) in [5.74, 6) is -1.70. The van der Waals surface area contributed by atoms with E-state index in [-0.39, 0.29) is 23.8 Å². The Bertz CT molecular complexity index is 417.